The Morgan fingerprint density at radius 3 is 2.82 bits per heavy atom. The van der Waals surface area contributed by atoms with Gasteiger partial charge in [0.05, 0.1) is 5.02 Å². The molecule has 0 spiro atoms. The van der Waals surface area contributed by atoms with Crippen molar-refractivity contribution >= 4 is 34.7 Å². The van der Waals surface area contributed by atoms with Crippen LogP contribution in [0.1, 0.15) is 5.56 Å². The molecule has 2 aromatic rings. The van der Waals surface area contributed by atoms with Crippen molar-refractivity contribution in [3.63, 3.8) is 0 Å². The standard InChI is InChI=1S/C12H9Cl2FN2/c13-6-8-2-1-3-10(4-8)17-12-11(15)5-9(14)7-16-12/h1-5,7H,6H2,(H,16,17). The summed E-state index contributed by atoms with van der Waals surface area (Å²) in [5.74, 6) is 0.0568. The van der Waals surface area contributed by atoms with Gasteiger partial charge in [-0.2, -0.15) is 0 Å². The normalized spacial score (nSPS) is 10.3. The molecule has 0 fully saturated rings. The fraction of sp³-hybridized carbons (Fsp3) is 0.0833. The van der Waals surface area contributed by atoms with Crippen LogP contribution in [0.3, 0.4) is 0 Å². The Morgan fingerprint density at radius 2 is 2.12 bits per heavy atom. The molecule has 1 N–H and O–H groups in total. The van der Waals surface area contributed by atoms with Crippen LogP contribution in [0.15, 0.2) is 36.5 Å². The van der Waals surface area contributed by atoms with Gasteiger partial charge in [0.2, 0.25) is 0 Å². The summed E-state index contributed by atoms with van der Waals surface area (Å²) in [6.07, 6.45) is 1.39. The minimum Gasteiger partial charge on any atom is -0.338 e. The Labute approximate surface area is 108 Å². The van der Waals surface area contributed by atoms with E-state index in [9.17, 15) is 4.39 Å². The third kappa shape index (κ3) is 3.08. The van der Waals surface area contributed by atoms with Gasteiger partial charge in [0, 0.05) is 17.8 Å². The SMILES string of the molecule is Fc1cc(Cl)cnc1Nc1cccc(CCl)c1. The zero-order chi connectivity index (χ0) is 12.3. The highest BCUT2D eigenvalue weighted by Gasteiger charge is 2.05. The number of nitrogens with one attached hydrogen (secondary N) is 1. The van der Waals surface area contributed by atoms with Gasteiger partial charge >= 0.3 is 0 Å². The van der Waals surface area contributed by atoms with Gasteiger partial charge in [-0.3, -0.25) is 0 Å². The lowest BCUT2D eigenvalue weighted by Crippen LogP contribution is -1.97. The number of halogens is 3. The maximum absolute atomic E-state index is 13.5. The lowest BCUT2D eigenvalue weighted by atomic mass is 10.2. The number of rotatable bonds is 3. The van der Waals surface area contributed by atoms with Crippen LogP contribution in [0.5, 0.6) is 0 Å². The number of hydrogen-bond donors (Lipinski definition) is 1. The number of hydrogen-bond acceptors (Lipinski definition) is 2. The first-order valence-electron chi connectivity index (χ1n) is 4.92. The molecule has 0 saturated carbocycles. The summed E-state index contributed by atoms with van der Waals surface area (Å²) in [6.45, 7) is 0. The first kappa shape index (κ1) is 12.1. The summed E-state index contributed by atoms with van der Waals surface area (Å²) >= 11 is 11.3. The summed E-state index contributed by atoms with van der Waals surface area (Å²) in [7, 11) is 0. The predicted molar refractivity (Wildman–Crippen MR) is 68.5 cm³/mol. The highest BCUT2D eigenvalue weighted by Crippen LogP contribution is 2.21. The molecule has 2 rings (SSSR count). The minimum atomic E-state index is -0.492. The van der Waals surface area contributed by atoms with Crippen LogP contribution in [0, 0.1) is 5.82 Å². The first-order chi connectivity index (χ1) is 8.19. The van der Waals surface area contributed by atoms with Gasteiger partial charge in [0.1, 0.15) is 0 Å². The van der Waals surface area contributed by atoms with Crippen LogP contribution < -0.4 is 5.32 Å². The molecule has 0 aliphatic carbocycles. The number of benzene rings is 1. The Hall–Kier alpha value is -1.32. The van der Waals surface area contributed by atoms with E-state index >= 15 is 0 Å². The summed E-state index contributed by atoms with van der Waals surface area (Å²) < 4.78 is 13.5. The van der Waals surface area contributed by atoms with Crippen molar-refractivity contribution in [2.45, 2.75) is 5.88 Å². The average molecular weight is 271 g/mol. The molecule has 0 saturated heterocycles. The quantitative estimate of drug-likeness (QED) is 0.839. The molecule has 17 heavy (non-hydrogen) atoms. The van der Waals surface area contributed by atoms with Crippen molar-refractivity contribution < 1.29 is 4.39 Å². The van der Waals surface area contributed by atoms with Crippen LogP contribution >= 0.6 is 23.2 Å². The second kappa shape index (κ2) is 5.34. The van der Waals surface area contributed by atoms with Crippen LogP contribution in [0.25, 0.3) is 0 Å². The van der Waals surface area contributed by atoms with Crippen LogP contribution in [0.2, 0.25) is 5.02 Å². The van der Waals surface area contributed by atoms with E-state index in [4.69, 9.17) is 23.2 Å². The molecule has 0 amide bonds. The van der Waals surface area contributed by atoms with Crippen molar-refractivity contribution in [3.8, 4) is 0 Å². The average Bonchev–Trinajstić information content (AvgIpc) is 2.33. The number of pyridine rings is 1. The Bertz CT molecular complexity index is 532. The van der Waals surface area contributed by atoms with Gasteiger partial charge in [-0.15, -0.1) is 11.6 Å². The molecule has 88 valence electrons. The summed E-state index contributed by atoms with van der Waals surface area (Å²) in [4.78, 5) is 3.88. The molecule has 1 aromatic heterocycles. The fourth-order valence-electron chi connectivity index (χ4n) is 1.38. The molecular formula is C12H9Cl2FN2. The Kier molecular flexibility index (Phi) is 3.82. The molecule has 0 bridgehead atoms. The largest absolute Gasteiger partial charge is 0.338 e. The van der Waals surface area contributed by atoms with Crippen LogP contribution in [0.4, 0.5) is 15.9 Å². The van der Waals surface area contributed by atoms with E-state index in [2.05, 4.69) is 10.3 Å². The third-order valence-electron chi connectivity index (χ3n) is 2.15. The van der Waals surface area contributed by atoms with Crippen molar-refractivity contribution in [1.29, 1.82) is 0 Å². The molecule has 0 atom stereocenters. The third-order valence-corrected chi connectivity index (χ3v) is 2.67. The van der Waals surface area contributed by atoms with Crippen LogP contribution in [-0.2, 0) is 5.88 Å². The zero-order valence-electron chi connectivity index (χ0n) is 8.75. The van der Waals surface area contributed by atoms with E-state index < -0.39 is 5.82 Å². The second-order valence-corrected chi connectivity index (χ2v) is 4.15. The highest BCUT2D eigenvalue weighted by molar-refractivity contribution is 6.30. The van der Waals surface area contributed by atoms with Crippen molar-refractivity contribution in [2.24, 2.45) is 0 Å². The lowest BCUT2D eigenvalue weighted by molar-refractivity contribution is 0.626. The molecular weight excluding hydrogens is 262 g/mol. The van der Waals surface area contributed by atoms with Crippen LogP contribution in [-0.4, -0.2) is 4.98 Å². The van der Waals surface area contributed by atoms with E-state index in [1.807, 2.05) is 24.3 Å². The summed E-state index contributed by atoms with van der Waals surface area (Å²) in [5.41, 5.74) is 1.68. The summed E-state index contributed by atoms with van der Waals surface area (Å²) in [5, 5.41) is 3.14. The molecule has 0 radical (unpaired) electrons. The van der Waals surface area contributed by atoms with E-state index in [0.29, 0.717) is 5.88 Å². The van der Waals surface area contributed by atoms with Crippen molar-refractivity contribution in [3.05, 3.63) is 52.9 Å². The molecule has 2 nitrogen and oxygen atoms in total. The van der Waals surface area contributed by atoms with Gasteiger partial charge in [-0.1, -0.05) is 23.7 Å². The smallest absolute Gasteiger partial charge is 0.167 e. The number of nitrogens with zero attached hydrogens (tertiary/aromatic N) is 1. The van der Waals surface area contributed by atoms with Gasteiger partial charge in [-0.05, 0) is 23.8 Å². The maximum Gasteiger partial charge on any atom is 0.167 e. The molecule has 0 unspecified atom stereocenters. The van der Waals surface area contributed by atoms with E-state index in [0.717, 1.165) is 11.3 Å². The van der Waals surface area contributed by atoms with Gasteiger partial charge < -0.3 is 5.32 Å². The lowest BCUT2D eigenvalue weighted by Gasteiger charge is -2.07. The topological polar surface area (TPSA) is 24.9 Å². The molecule has 1 aromatic carbocycles. The Morgan fingerprint density at radius 1 is 1.29 bits per heavy atom. The predicted octanol–water partition coefficient (Wildman–Crippen LogP) is 4.36. The maximum atomic E-state index is 13.5. The first-order valence-corrected chi connectivity index (χ1v) is 5.83. The summed E-state index contributed by atoms with van der Waals surface area (Å²) in [6, 6.07) is 8.59. The van der Waals surface area contributed by atoms with E-state index in [-0.39, 0.29) is 10.8 Å². The molecule has 1 heterocycles. The van der Waals surface area contributed by atoms with E-state index in [1.165, 1.54) is 12.3 Å². The Balaban J connectivity index is 2.25. The van der Waals surface area contributed by atoms with Gasteiger partial charge in [0.15, 0.2) is 11.6 Å². The van der Waals surface area contributed by atoms with E-state index in [1.54, 1.807) is 0 Å². The fourth-order valence-corrected chi connectivity index (χ4v) is 1.69. The molecule has 5 heteroatoms. The van der Waals surface area contributed by atoms with Crippen molar-refractivity contribution in [1.82, 2.24) is 4.98 Å². The minimum absolute atomic E-state index is 0.140. The number of aromatic nitrogens is 1. The van der Waals surface area contributed by atoms with Gasteiger partial charge in [0.25, 0.3) is 0 Å². The van der Waals surface area contributed by atoms with Gasteiger partial charge in [-0.25, -0.2) is 9.37 Å². The molecule has 0 aliphatic rings. The van der Waals surface area contributed by atoms with Crippen molar-refractivity contribution in [2.75, 3.05) is 5.32 Å². The monoisotopic (exact) mass is 270 g/mol. The molecule has 0 aliphatic heterocycles. The zero-order valence-corrected chi connectivity index (χ0v) is 10.3. The second-order valence-electron chi connectivity index (χ2n) is 3.44. The number of alkyl halides is 1. The highest BCUT2D eigenvalue weighted by atomic mass is 35.5. The number of anilines is 2.